The summed E-state index contributed by atoms with van der Waals surface area (Å²) in [6, 6.07) is 0.539. The maximum absolute atomic E-state index is 4.16. The van der Waals surface area contributed by atoms with E-state index in [0.717, 1.165) is 31.9 Å². The van der Waals surface area contributed by atoms with Gasteiger partial charge in [0.25, 0.3) is 0 Å². The van der Waals surface area contributed by atoms with Crippen LogP contribution < -0.4 is 5.32 Å². The molecule has 1 rings (SSSR count). The van der Waals surface area contributed by atoms with E-state index >= 15 is 0 Å². The lowest BCUT2D eigenvalue weighted by Gasteiger charge is -2.35. The molecule has 0 bridgehead atoms. The number of likely N-dealkylation sites (N-methyl/N-ethyl adjacent to an activating group) is 1. The van der Waals surface area contributed by atoms with E-state index in [4.69, 9.17) is 0 Å². The van der Waals surface area contributed by atoms with Gasteiger partial charge in [0.15, 0.2) is 0 Å². The molecule has 5 nitrogen and oxygen atoms in total. The van der Waals surface area contributed by atoms with Gasteiger partial charge in [0, 0.05) is 25.3 Å². The Kier molecular flexibility index (Phi) is 5.94. The summed E-state index contributed by atoms with van der Waals surface area (Å²) < 4.78 is 1.93. The van der Waals surface area contributed by atoms with Crippen molar-refractivity contribution in [1.82, 2.24) is 25.2 Å². The standard InChI is InChI=1S/C14H29N5/c1-7-15-10-13-11-19(17-16-13)9-8-18(6)12(2)14(3,4)5/h11-12,15H,7-10H2,1-6H3. The largest absolute Gasteiger partial charge is 0.311 e. The molecule has 0 saturated heterocycles. The predicted molar refractivity (Wildman–Crippen MR) is 78.9 cm³/mol. The van der Waals surface area contributed by atoms with Gasteiger partial charge in [0.1, 0.15) is 0 Å². The van der Waals surface area contributed by atoms with Crippen LogP contribution in [0.1, 0.15) is 40.3 Å². The molecular formula is C14H29N5. The Morgan fingerprint density at radius 3 is 2.68 bits per heavy atom. The van der Waals surface area contributed by atoms with Crippen molar-refractivity contribution >= 4 is 0 Å². The van der Waals surface area contributed by atoms with Gasteiger partial charge in [-0.15, -0.1) is 5.10 Å². The van der Waals surface area contributed by atoms with E-state index in [0.29, 0.717) is 11.5 Å². The third-order valence-electron chi connectivity index (χ3n) is 3.74. The first-order valence-electron chi connectivity index (χ1n) is 7.14. The van der Waals surface area contributed by atoms with Gasteiger partial charge in [-0.3, -0.25) is 4.68 Å². The van der Waals surface area contributed by atoms with E-state index in [2.05, 4.69) is 62.2 Å². The monoisotopic (exact) mass is 267 g/mol. The number of nitrogens with zero attached hydrogens (tertiary/aromatic N) is 4. The highest BCUT2D eigenvalue weighted by Crippen LogP contribution is 2.22. The maximum atomic E-state index is 4.16. The zero-order valence-corrected chi connectivity index (χ0v) is 13.3. The SMILES string of the molecule is CCNCc1cn(CCN(C)C(C)C(C)(C)C)nn1. The molecule has 0 fully saturated rings. The molecule has 5 heteroatoms. The Balaban J connectivity index is 2.42. The smallest absolute Gasteiger partial charge is 0.0964 e. The number of aromatic nitrogens is 3. The van der Waals surface area contributed by atoms with E-state index in [1.54, 1.807) is 0 Å². The Bertz CT molecular complexity index is 366. The van der Waals surface area contributed by atoms with Crippen LogP contribution in [0.2, 0.25) is 0 Å². The van der Waals surface area contributed by atoms with Gasteiger partial charge in [-0.05, 0) is 25.9 Å². The number of hydrogen-bond donors (Lipinski definition) is 1. The fourth-order valence-corrected chi connectivity index (χ4v) is 1.90. The highest BCUT2D eigenvalue weighted by atomic mass is 15.4. The van der Waals surface area contributed by atoms with Crippen LogP contribution in [0, 0.1) is 5.41 Å². The molecule has 0 radical (unpaired) electrons. The topological polar surface area (TPSA) is 46.0 Å². The predicted octanol–water partition coefficient (Wildman–Crippen LogP) is 1.75. The van der Waals surface area contributed by atoms with Crippen molar-refractivity contribution in [2.75, 3.05) is 20.1 Å². The van der Waals surface area contributed by atoms with Crippen molar-refractivity contribution in [3.8, 4) is 0 Å². The Morgan fingerprint density at radius 2 is 2.11 bits per heavy atom. The zero-order valence-electron chi connectivity index (χ0n) is 13.3. The van der Waals surface area contributed by atoms with Crippen molar-refractivity contribution in [3.63, 3.8) is 0 Å². The van der Waals surface area contributed by atoms with E-state index in [1.807, 2.05) is 10.9 Å². The normalized spacial score (nSPS) is 14.1. The molecule has 1 aromatic heterocycles. The summed E-state index contributed by atoms with van der Waals surface area (Å²) in [6.45, 7) is 14.8. The van der Waals surface area contributed by atoms with Crippen LogP contribution in [0.25, 0.3) is 0 Å². The second kappa shape index (κ2) is 7.01. The van der Waals surface area contributed by atoms with Gasteiger partial charge in [-0.2, -0.15) is 0 Å². The lowest BCUT2D eigenvalue weighted by atomic mass is 9.87. The second-order valence-electron chi connectivity index (χ2n) is 6.28. The minimum Gasteiger partial charge on any atom is -0.311 e. The lowest BCUT2D eigenvalue weighted by Crippen LogP contribution is -2.40. The molecule has 19 heavy (non-hydrogen) atoms. The average Bonchev–Trinajstić information content (AvgIpc) is 2.79. The molecule has 1 unspecified atom stereocenters. The first kappa shape index (κ1) is 16.1. The molecule has 0 spiro atoms. The van der Waals surface area contributed by atoms with Crippen LogP contribution in [0.15, 0.2) is 6.20 Å². The Morgan fingerprint density at radius 1 is 1.42 bits per heavy atom. The van der Waals surface area contributed by atoms with E-state index in [1.165, 1.54) is 0 Å². The van der Waals surface area contributed by atoms with Crippen molar-refractivity contribution in [2.24, 2.45) is 5.41 Å². The summed E-state index contributed by atoms with van der Waals surface area (Å²) >= 11 is 0. The summed E-state index contributed by atoms with van der Waals surface area (Å²) in [5.74, 6) is 0. The van der Waals surface area contributed by atoms with E-state index in [9.17, 15) is 0 Å². The molecular weight excluding hydrogens is 238 g/mol. The molecule has 1 aromatic rings. The molecule has 0 aliphatic heterocycles. The summed E-state index contributed by atoms with van der Waals surface area (Å²) in [4.78, 5) is 2.38. The molecule has 0 aliphatic rings. The summed E-state index contributed by atoms with van der Waals surface area (Å²) in [5, 5.41) is 11.6. The van der Waals surface area contributed by atoms with Crippen molar-refractivity contribution < 1.29 is 0 Å². The second-order valence-corrected chi connectivity index (χ2v) is 6.28. The van der Waals surface area contributed by atoms with Gasteiger partial charge in [0.05, 0.1) is 12.2 Å². The number of nitrogens with one attached hydrogen (secondary N) is 1. The molecule has 110 valence electrons. The fourth-order valence-electron chi connectivity index (χ4n) is 1.90. The molecule has 0 aliphatic carbocycles. The molecule has 1 atom stereocenters. The summed E-state index contributed by atoms with van der Waals surface area (Å²) in [7, 11) is 2.17. The third-order valence-corrected chi connectivity index (χ3v) is 3.74. The maximum Gasteiger partial charge on any atom is 0.0964 e. The third kappa shape index (κ3) is 5.28. The van der Waals surface area contributed by atoms with E-state index in [-0.39, 0.29) is 0 Å². The van der Waals surface area contributed by atoms with Crippen molar-refractivity contribution in [2.45, 2.75) is 53.8 Å². The van der Waals surface area contributed by atoms with E-state index < -0.39 is 0 Å². The van der Waals surface area contributed by atoms with Gasteiger partial charge in [-0.25, -0.2) is 0 Å². The van der Waals surface area contributed by atoms with Gasteiger partial charge < -0.3 is 10.2 Å². The zero-order chi connectivity index (χ0) is 14.5. The molecule has 1 N–H and O–H groups in total. The van der Waals surface area contributed by atoms with Crippen molar-refractivity contribution in [1.29, 1.82) is 0 Å². The highest BCUT2D eigenvalue weighted by Gasteiger charge is 2.23. The van der Waals surface area contributed by atoms with Crippen molar-refractivity contribution in [3.05, 3.63) is 11.9 Å². The van der Waals surface area contributed by atoms with Crippen LogP contribution in [-0.4, -0.2) is 46.1 Å². The van der Waals surface area contributed by atoms with Crippen LogP contribution >= 0.6 is 0 Å². The van der Waals surface area contributed by atoms with Crippen LogP contribution in [-0.2, 0) is 13.1 Å². The highest BCUT2D eigenvalue weighted by molar-refractivity contribution is 4.91. The number of rotatable bonds is 7. The summed E-state index contributed by atoms with van der Waals surface area (Å²) in [6.07, 6.45) is 2.03. The minimum atomic E-state index is 0.299. The lowest BCUT2D eigenvalue weighted by molar-refractivity contribution is 0.135. The summed E-state index contributed by atoms with van der Waals surface area (Å²) in [5.41, 5.74) is 1.31. The molecule has 0 amide bonds. The first-order valence-corrected chi connectivity index (χ1v) is 7.14. The van der Waals surface area contributed by atoms with Gasteiger partial charge >= 0.3 is 0 Å². The van der Waals surface area contributed by atoms with Gasteiger partial charge in [-0.1, -0.05) is 32.9 Å². The molecule has 1 heterocycles. The molecule has 0 saturated carbocycles. The molecule has 0 aromatic carbocycles. The minimum absolute atomic E-state index is 0.299. The Hall–Kier alpha value is -0.940. The number of hydrogen-bond acceptors (Lipinski definition) is 4. The van der Waals surface area contributed by atoms with Crippen LogP contribution in [0.4, 0.5) is 0 Å². The average molecular weight is 267 g/mol. The Labute approximate surface area is 117 Å². The van der Waals surface area contributed by atoms with Crippen LogP contribution in [0.5, 0.6) is 0 Å². The van der Waals surface area contributed by atoms with Gasteiger partial charge in [0.2, 0.25) is 0 Å². The quantitative estimate of drug-likeness (QED) is 0.817. The first-order chi connectivity index (χ1) is 8.84. The van der Waals surface area contributed by atoms with Crippen LogP contribution in [0.3, 0.4) is 0 Å². The fraction of sp³-hybridized carbons (Fsp3) is 0.857.